The molecule has 1 aliphatic rings. The molecule has 0 spiro atoms. The third kappa shape index (κ3) is 6.25. The van der Waals surface area contributed by atoms with Gasteiger partial charge in [-0.05, 0) is 24.1 Å². The summed E-state index contributed by atoms with van der Waals surface area (Å²) in [5.74, 6) is -0.0170. The van der Waals surface area contributed by atoms with E-state index in [1.54, 1.807) is 6.08 Å². The Labute approximate surface area is 172 Å². The molecule has 0 unspecified atom stereocenters. The highest BCUT2D eigenvalue weighted by Gasteiger charge is 2.28. The van der Waals surface area contributed by atoms with E-state index < -0.39 is 10.0 Å². The Kier molecular flexibility index (Phi) is 7.19. The summed E-state index contributed by atoms with van der Waals surface area (Å²) >= 11 is 0. The molecule has 3 rings (SSSR count). The lowest BCUT2D eigenvalue weighted by Crippen LogP contribution is -3.15. The number of carbonyl (C=O) groups excluding carboxylic acids is 1. The van der Waals surface area contributed by atoms with Crippen LogP contribution in [0.5, 0.6) is 0 Å². The van der Waals surface area contributed by atoms with E-state index in [9.17, 15) is 13.2 Å². The van der Waals surface area contributed by atoms with Crippen molar-refractivity contribution in [3.63, 3.8) is 0 Å². The van der Waals surface area contributed by atoms with Crippen molar-refractivity contribution in [3.8, 4) is 0 Å². The van der Waals surface area contributed by atoms with Crippen LogP contribution in [0.3, 0.4) is 0 Å². The van der Waals surface area contributed by atoms with Gasteiger partial charge >= 0.3 is 0 Å². The van der Waals surface area contributed by atoms with E-state index in [2.05, 4.69) is 5.32 Å². The van der Waals surface area contributed by atoms with Crippen molar-refractivity contribution in [1.29, 1.82) is 0 Å². The van der Waals surface area contributed by atoms with Gasteiger partial charge in [-0.3, -0.25) is 4.79 Å². The van der Waals surface area contributed by atoms with E-state index in [-0.39, 0.29) is 11.9 Å². The smallest absolute Gasteiger partial charge is 0.275 e. The second kappa shape index (κ2) is 9.82. The molecule has 1 fully saturated rings. The minimum Gasteiger partial charge on any atom is -0.345 e. The third-order valence-corrected chi connectivity index (χ3v) is 6.67. The zero-order valence-electron chi connectivity index (χ0n) is 16.6. The molecule has 0 saturated carbocycles. The molecule has 2 aromatic rings. The summed E-state index contributed by atoms with van der Waals surface area (Å²) in [5.41, 5.74) is 1.92. The van der Waals surface area contributed by atoms with Gasteiger partial charge in [0.25, 0.3) is 5.91 Å². The van der Waals surface area contributed by atoms with Crippen molar-refractivity contribution in [2.24, 2.45) is 0 Å². The first-order valence-electron chi connectivity index (χ1n) is 9.85. The summed E-state index contributed by atoms with van der Waals surface area (Å²) in [7, 11) is -3.45. The summed E-state index contributed by atoms with van der Waals surface area (Å²) in [5, 5.41) is 4.29. The van der Waals surface area contributed by atoms with Gasteiger partial charge in [0.15, 0.2) is 6.54 Å². The second-order valence-corrected chi connectivity index (χ2v) is 9.10. The highest BCUT2D eigenvalue weighted by molar-refractivity contribution is 7.92. The lowest BCUT2D eigenvalue weighted by molar-refractivity contribution is -0.895. The van der Waals surface area contributed by atoms with Crippen LogP contribution in [0.4, 0.5) is 0 Å². The van der Waals surface area contributed by atoms with Gasteiger partial charge in [0.1, 0.15) is 0 Å². The van der Waals surface area contributed by atoms with E-state index in [0.717, 1.165) is 16.0 Å². The number of nitrogens with one attached hydrogen (secondary N) is 2. The maximum Gasteiger partial charge on any atom is 0.275 e. The van der Waals surface area contributed by atoms with Crippen LogP contribution in [0, 0.1) is 0 Å². The highest BCUT2D eigenvalue weighted by Crippen LogP contribution is 2.11. The fourth-order valence-electron chi connectivity index (χ4n) is 3.39. The molecule has 0 bridgehead atoms. The molecule has 7 heteroatoms. The van der Waals surface area contributed by atoms with Crippen LogP contribution < -0.4 is 10.2 Å². The van der Waals surface area contributed by atoms with Crippen molar-refractivity contribution in [3.05, 3.63) is 77.2 Å². The maximum atomic E-state index is 12.5. The van der Waals surface area contributed by atoms with E-state index in [1.165, 1.54) is 9.71 Å². The average Bonchev–Trinajstić information content (AvgIpc) is 2.74. The van der Waals surface area contributed by atoms with Crippen LogP contribution >= 0.6 is 0 Å². The number of carbonyl (C=O) groups is 1. The summed E-state index contributed by atoms with van der Waals surface area (Å²) in [6.45, 7) is 4.38. The Balaban J connectivity index is 1.47. The zero-order chi connectivity index (χ0) is 20.7. The summed E-state index contributed by atoms with van der Waals surface area (Å²) in [4.78, 5) is 13.5. The van der Waals surface area contributed by atoms with Crippen LogP contribution in [-0.4, -0.2) is 51.4 Å². The van der Waals surface area contributed by atoms with Crippen LogP contribution in [0.15, 0.2) is 66.1 Å². The number of rotatable bonds is 7. The molecule has 1 saturated heterocycles. The normalized spacial score (nSPS) is 17.3. The number of piperazine rings is 1. The molecule has 0 aliphatic carbocycles. The molecule has 1 heterocycles. The van der Waals surface area contributed by atoms with E-state index in [4.69, 9.17) is 0 Å². The van der Waals surface area contributed by atoms with E-state index >= 15 is 0 Å². The van der Waals surface area contributed by atoms with Crippen LogP contribution in [0.2, 0.25) is 0 Å². The van der Waals surface area contributed by atoms with Gasteiger partial charge in [0, 0.05) is 5.41 Å². The number of nitrogens with zero attached hydrogens (tertiary/aromatic N) is 1. The molecule has 0 radical (unpaired) electrons. The molecule has 154 valence electrons. The quantitative estimate of drug-likeness (QED) is 0.712. The fourth-order valence-corrected chi connectivity index (χ4v) is 4.59. The number of hydrogen-bond donors (Lipinski definition) is 2. The first kappa shape index (κ1) is 21.2. The standard InChI is InChI=1S/C22H27N3O3S/c1-19(21-10-6-3-7-11-21)23-22(26)18-24-13-15-25(16-14-24)29(27,28)17-12-20-8-4-2-5-9-20/h2-12,17,19H,13-16,18H2,1H3,(H,23,26)/p+1/b17-12+/t19-/m1/s1. The largest absolute Gasteiger partial charge is 0.345 e. The molecule has 1 aliphatic heterocycles. The minimum absolute atomic E-state index is 0.0170. The molecule has 1 amide bonds. The fraction of sp³-hybridized carbons (Fsp3) is 0.318. The molecular formula is C22H28N3O3S+. The molecule has 1 atom stereocenters. The number of sulfonamides is 1. The summed E-state index contributed by atoms with van der Waals surface area (Å²) in [6.07, 6.45) is 1.62. The van der Waals surface area contributed by atoms with Crippen molar-refractivity contribution in [2.75, 3.05) is 32.7 Å². The van der Waals surface area contributed by atoms with Gasteiger partial charge in [-0.25, -0.2) is 8.42 Å². The summed E-state index contributed by atoms with van der Waals surface area (Å²) in [6, 6.07) is 19.2. The predicted octanol–water partition coefficient (Wildman–Crippen LogP) is 1.07. The van der Waals surface area contributed by atoms with Crippen molar-refractivity contribution < 1.29 is 18.1 Å². The first-order chi connectivity index (χ1) is 13.9. The molecular weight excluding hydrogens is 386 g/mol. The van der Waals surface area contributed by atoms with Gasteiger partial charge in [0.05, 0.1) is 32.2 Å². The lowest BCUT2D eigenvalue weighted by atomic mass is 10.1. The highest BCUT2D eigenvalue weighted by atomic mass is 32.2. The Morgan fingerprint density at radius 3 is 2.28 bits per heavy atom. The average molecular weight is 415 g/mol. The topological polar surface area (TPSA) is 70.9 Å². The predicted molar refractivity (Wildman–Crippen MR) is 115 cm³/mol. The van der Waals surface area contributed by atoms with Crippen LogP contribution in [0.1, 0.15) is 24.1 Å². The van der Waals surface area contributed by atoms with Crippen LogP contribution in [-0.2, 0) is 14.8 Å². The monoisotopic (exact) mass is 414 g/mol. The number of amides is 1. The van der Waals surface area contributed by atoms with Gasteiger partial charge in [-0.1, -0.05) is 60.7 Å². The Morgan fingerprint density at radius 2 is 1.66 bits per heavy atom. The van der Waals surface area contributed by atoms with Gasteiger partial charge < -0.3 is 10.2 Å². The molecule has 2 N–H and O–H groups in total. The van der Waals surface area contributed by atoms with Gasteiger partial charge in [-0.2, -0.15) is 4.31 Å². The SMILES string of the molecule is C[C@@H](NC(=O)C[NH+]1CCN(S(=O)(=O)/C=C/c2ccccc2)CC1)c1ccccc1. The molecule has 2 aromatic carbocycles. The van der Waals surface area contributed by atoms with Crippen molar-refractivity contribution >= 4 is 22.0 Å². The number of benzene rings is 2. The minimum atomic E-state index is -3.45. The summed E-state index contributed by atoms with van der Waals surface area (Å²) < 4.78 is 26.6. The van der Waals surface area contributed by atoms with Gasteiger partial charge in [-0.15, -0.1) is 0 Å². The van der Waals surface area contributed by atoms with Crippen molar-refractivity contribution in [1.82, 2.24) is 9.62 Å². The third-order valence-electron chi connectivity index (χ3n) is 5.11. The molecule has 0 aromatic heterocycles. The number of hydrogen-bond acceptors (Lipinski definition) is 3. The second-order valence-electron chi connectivity index (χ2n) is 7.28. The Bertz CT molecular complexity index is 922. The molecule has 29 heavy (non-hydrogen) atoms. The van der Waals surface area contributed by atoms with Crippen LogP contribution in [0.25, 0.3) is 6.08 Å². The number of quaternary nitrogens is 1. The zero-order valence-corrected chi connectivity index (χ0v) is 17.4. The Hall–Kier alpha value is -2.48. The van der Waals surface area contributed by atoms with Crippen molar-refractivity contribution in [2.45, 2.75) is 13.0 Å². The van der Waals surface area contributed by atoms with E-state index in [1.807, 2.05) is 67.6 Å². The lowest BCUT2D eigenvalue weighted by Gasteiger charge is -2.30. The van der Waals surface area contributed by atoms with Gasteiger partial charge in [0.2, 0.25) is 10.0 Å². The first-order valence-corrected chi connectivity index (χ1v) is 11.4. The maximum absolute atomic E-state index is 12.5. The van der Waals surface area contributed by atoms with E-state index in [0.29, 0.717) is 32.7 Å². The molecule has 6 nitrogen and oxygen atoms in total. The Morgan fingerprint density at radius 1 is 1.07 bits per heavy atom.